The van der Waals surface area contributed by atoms with Crippen LogP contribution in [0, 0.1) is 5.92 Å². The summed E-state index contributed by atoms with van der Waals surface area (Å²) in [5.74, 6) is -0.533. The molecule has 2 N–H and O–H groups in total. The lowest BCUT2D eigenvalue weighted by Gasteiger charge is -2.22. The summed E-state index contributed by atoms with van der Waals surface area (Å²) in [6.07, 6.45) is 3.40. The van der Waals surface area contributed by atoms with Gasteiger partial charge in [0.25, 0.3) is 5.91 Å². The van der Waals surface area contributed by atoms with Gasteiger partial charge in [-0.3, -0.25) is 9.59 Å². The Bertz CT molecular complexity index is 332. The lowest BCUT2D eigenvalue weighted by molar-refractivity contribution is -0.133. The average molecular weight is 223 g/mol. The molecule has 1 saturated heterocycles. The highest BCUT2D eigenvalue weighted by Gasteiger charge is 2.34. The molecular weight excluding hydrogens is 206 g/mol. The summed E-state index contributed by atoms with van der Waals surface area (Å²) in [4.78, 5) is 27.4. The Kier molecular flexibility index (Phi) is 3.33. The molecule has 0 aromatic carbocycles. The van der Waals surface area contributed by atoms with Crippen LogP contribution in [0.25, 0.3) is 0 Å². The molecule has 5 nitrogen and oxygen atoms in total. The summed E-state index contributed by atoms with van der Waals surface area (Å²) in [7, 11) is 0. The van der Waals surface area contributed by atoms with Gasteiger partial charge in [-0.1, -0.05) is 13.3 Å². The minimum Gasteiger partial charge on any atom is -0.312 e. The van der Waals surface area contributed by atoms with Gasteiger partial charge in [0.2, 0.25) is 5.91 Å². The number of rotatable bonds is 3. The van der Waals surface area contributed by atoms with Crippen molar-refractivity contribution in [1.29, 1.82) is 0 Å². The van der Waals surface area contributed by atoms with Gasteiger partial charge in [0.05, 0.1) is 6.04 Å². The van der Waals surface area contributed by atoms with E-state index in [1.54, 1.807) is 0 Å². The highest BCUT2D eigenvalue weighted by molar-refractivity contribution is 6.17. The van der Waals surface area contributed by atoms with Gasteiger partial charge in [-0.25, -0.2) is 0 Å². The number of hydrogen-bond acceptors (Lipinski definition) is 3. The molecule has 0 bridgehead atoms. The van der Waals surface area contributed by atoms with Crippen LogP contribution in [-0.4, -0.2) is 30.2 Å². The molecule has 2 unspecified atom stereocenters. The summed E-state index contributed by atoms with van der Waals surface area (Å²) >= 11 is 0. The second kappa shape index (κ2) is 4.74. The van der Waals surface area contributed by atoms with E-state index in [9.17, 15) is 9.59 Å². The quantitative estimate of drug-likeness (QED) is 0.672. The molecule has 1 fully saturated rings. The predicted octanol–water partition coefficient (Wildman–Crippen LogP) is 0.210. The van der Waals surface area contributed by atoms with Crippen LogP contribution in [0.5, 0.6) is 0 Å². The van der Waals surface area contributed by atoms with E-state index in [1.807, 2.05) is 6.92 Å². The number of carbonyl (C=O) groups excluding carboxylic acids is 2. The van der Waals surface area contributed by atoms with Crippen molar-refractivity contribution in [3.05, 3.63) is 0 Å². The molecule has 0 saturated carbocycles. The largest absolute Gasteiger partial charge is 0.312 e. The van der Waals surface area contributed by atoms with Crippen molar-refractivity contribution in [2.24, 2.45) is 10.9 Å². The first-order chi connectivity index (χ1) is 7.72. The fourth-order valence-corrected chi connectivity index (χ4v) is 2.18. The molecule has 0 aliphatic carbocycles. The Balaban J connectivity index is 2.10. The Hall–Kier alpha value is -1.23. The van der Waals surface area contributed by atoms with Crippen LogP contribution in [0.15, 0.2) is 4.99 Å². The number of aliphatic imine (C=N–C) groups is 1. The third kappa shape index (κ3) is 2.14. The predicted molar refractivity (Wildman–Crippen MR) is 60.0 cm³/mol. The monoisotopic (exact) mass is 223 g/mol. The van der Waals surface area contributed by atoms with Crippen molar-refractivity contribution in [2.75, 3.05) is 6.54 Å². The third-order valence-corrected chi connectivity index (χ3v) is 3.06. The molecule has 2 atom stereocenters. The summed E-state index contributed by atoms with van der Waals surface area (Å²) < 4.78 is 0. The van der Waals surface area contributed by atoms with Crippen molar-refractivity contribution in [3.63, 3.8) is 0 Å². The van der Waals surface area contributed by atoms with Crippen molar-refractivity contribution in [2.45, 2.75) is 38.6 Å². The van der Waals surface area contributed by atoms with Gasteiger partial charge in [-0.2, -0.15) is 4.99 Å². The smallest absolute Gasteiger partial charge is 0.259 e. The summed E-state index contributed by atoms with van der Waals surface area (Å²) in [5.41, 5.74) is 0. The SMILES string of the molecule is CCCC1C(=O)N=C(C2CCCN2)NC1=O. The highest BCUT2D eigenvalue weighted by Crippen LogP contribution is 2.15. The van der Waals surface area contributed by atoms with Crippen LogP contribution >= 0.6 is 0 Å². The van der Waals surface area contributed by atoms with E-state index >= 15 is 0 Å². The lowest BCUT2D eigenvalue weighted by atomic mass is 10.00. The first kappa shape index (κ1) is 11.3. The molecule has 88 valence electrons. The molecule has 5 heteroatoms. The Morgan fingerprint density at radius 3 is 2.81 bits per heavy atom. The number of hydrogen-bond donors (Lipinski definition) is 2. The lowest BCUT2D eigenvalue weighted by Crippen LogP contribution is -2.50. The van der Waals surface area contributed by atoms with Crippen LogP contribution in [0.3, 0.4) is 0 Å². The van der Waals surface area contributed by atoms with Crippen molar-refractivity contribution >= 4 is 17.6 Å². The van der Waals surface area contributed by atoms with Crippen LogP contribution < -0.4 is 10.6 Å². The second-order valence-corrected chi connectivity index (χ2v) is 4.31. The summed E-state index contributed by atoms with van der Waals surface area (Å²) in [6, 6.07) is 0.0514. The molecule has 0 radical (unpaired) electrons. The van der Waals surface area contributed by atoms with Gasteiger partial charge in [-0.05, 0) is 25.8 Å². The van der Waals surface area contributed by atoms with Gasteiger partial charge >= 0.3 is 0 Å². The molecule has 2 rings (SSSR count). The molecule has 0 aromatic rings. The van der Waals surface area contributed by atoms with E-state index < -0.39 is 5.92 Å². The van der Waals surface area contributed by atoms with Gasteiger partial charge < -0.3 is 10.6 Å². The fourth-order valence-electron chi connectivity index (χ4n) is 2.18. The van der Waals surface area contributed by atoms with Gasteiger partial charge in [0, 0.05) is 0 Å². The van der Waals surface area contributed by atoms with E-state index in [-0.39, 0.29) is 17.9 Å². The number of amides is 2. The zero-order chi connectivity index (χ0) is 11.5. The molecular formula is C11H17N3O2. The standard InChI is InChI=1S/C11H17N3O2/c1-2-4-7-10(15)13-9(14-11(7)16)8-5-3-6-12-8/h7-8,12H,2-6H2,1H3,(H,13,14,15,16). The second-order valence-electron chi connectivity index (χ2n) is 4.31. The number of amidine groups is 1. The van der Waals surface area contributed by atoms with Gasteiger partial charge in [-0.15, -0.1) is 0 Å². The van der Waals surface area contributed by atoms with E-state index in [2.05, 4.69) is 15.6 Å². The maximum atomic E-state index is 11.7. The highest BCUT2D eigenvalue weighted by atomic mass is 16.2. The molecule has 2 aliphatic rings. The molecule has 16 heavy (non-hydrogen) atoms. The van der Waals surface area contributed by atoms with Crippen LogP contribution in [0.4, 0.5) is 0 Å². The normalized spacial score (nSPS) is 30.2. The van der Waals surface area contributed by atoms with E-state index in [4.69, 9.17) is 0 Å². The van der Waals surface area contributed by atoms with Crippen LogP contribution in [-0.2, 0) is 9.59 Å². The average Bonchev–Trinajstić information content (AvgIpc) is 2.76. The first-order valence-electron chi connectivity index (χ1n) is 5.89. The maximum Gasteiger partial charge on any atom is 0.259 e. The molecule has 0 aromatic heterocycles. The van der Waals surface area contributed by atoms with E-state index in [0.29, 0.717) is 12.3 Å². The fraction of sp³-hybridized carbons (Fsp3) is 0.727. The molecule has 0 spiro atoms. The van der Waals surface area contributed by atoms with Crippen molar-refractivity contribution in [3.8, 4) is 0 Å². The minimum absolute atomic E-state index is 0.0514. The summed E-state index contributed by atoms with van der Waals surface area (Å²) in [6.45, 7) is 2.88. The zero-order valence-corrected chi connectivity index (χ0v) is 9.45. The first-order valence-corrected chi connectivity index (χ1v) is 5.89. The topological polar surface area (TPSA) is 70.6 Å². The minimum atomic E-state index is -0.574. The van der Waals surface area contributed by atoms with Crippen LogP contribution in [0.1, 0.15) is 32.6 Å². The Labute approximate surface area is 94.7 Å². The number of carbonyl (C=O) groups is 2. The van der Waals surface area contributed by atoms with E-state index in [0.717, 1.165) is 25.8 Å². The maximum absolute atomic E-state index is 11.7. The number of nitrogens with zero attached hydrogens (tertiary/aromatic N) is 1. The van der Waals surface area contributed by atoms with E-state index in [1.165, 1.54) is 0 Å². The summed E-state index contributed by atoms with van der Waals surface area (Å²) in [5, 5.41) is 5.97. The van der Waals surface area contributed by atoms with Gasteiger partial charge in [0.15, 0.2) is 0 Å². The van der Waals surface area contributed by atoms with Gasteiger partial charge in [0.1, 0.15) is 11.8 Å². The Morgan fingerprint density at radius 2 is 2.25 bits per heavy atom. The Morgan fingerprint density at radius 1 is 1.44 bits per heavy atom. The van der Waals surface area contributed by atoms with Crippen LogP contribution in [0.2, 0.25) is 0 Å². The molecule has 2 aliphatic heterocycles. The molecule has 2 amide bonds. The zero-order valence-electron chi connectivity index (χ0n) is 9.45. The number of nitrogens with one attached hydrogen (secondary N) is 2. The van der Waals surface area contributed by atoms with Crippen molar-refractivity contribution in [1.82, 2.24) is 10.6 Å². The third-order valence-electron chi connectivity index (χ3n) is 3.06. The molecule has 2 heterocycles. The van der Waals surface area contributed by atoms with Crippen molar-refractivity contribution < 1.29 is 9.59 Å².